The summed E-state index contributed by atoms with van der Waals surface area (Å²) in [5, 5.41) is 11.8. The molecule has 1 aliphatic rings. The highest BCUT2D eigenvalue weighted by Crippen LogP contribution is 2.20. The van der Waals surface area contributed by atoms with Gasteiger partial charge in [0.1, 0.15) is 24.3 Å². The average molecular weight is 406 g/mol. The predicted octanol–water partition coefficient (Wildman–Crippen LogP) is 1.72. The third-order valence-corrected chi connectivity index (χ3v) is 4.83. The van der Waals surface area contributed by atoms with Crippen LogP contribution in [0.25, 0.3) is 11.0 Å². The molecule has 1 saturated heterocycles. The molecule has 154 valence electrons. The van der Waals surface area contributed by atoms with Crippen LogP contribution in [0.15, 0.2) is 36.7 Å². The van der Waals surface area contributed by atoms with E-state index in [0.717, 1.165) is 49.6 Å². The van der Waals surface area contributed by atoms with Crippen LogP contribution in [0, 0.1) is 11.3 Å². The van der Waals surface area contributed by atoms with Crippen LogP contribution >= 0.6 is 0 Å². The summed E-state index contributed by atoms with van der Waals surface area (Å²) in [4.78, 5) is 26.2. The lowest BCUT2D eigenvalue weighted by molar-refractivity contribution is -0.115. The number of hydrogen-bond acceptors (Lipinski definition) is 7. The summed E-state index contributed by atoms with van der Waals surface area (Å²) in [5.74, 6) is 1.00. The number of nitriles is 1. The largest absolute Gasteiger partial charge is 0.492 e. The molecule has 3 heterocycles. The summed E-state index contributed by atoms with van der Waals surface area (Å²) in [7, 11) is 0. The van der Waals surface area contributed by atoms with E-state index in [0.29, 0.717) is 23.7 Å². The van der Waals surface area contributed by atoms with Crippen molar-refractivity contribution in [2.24, 2.45) is 0 Å². The van der Waals surface area contributed by atoms with E-state index in [1.54, 1.807) is 6.07 Å². The fourth-order valence-corrected chi connectivity index (χ4v) is 3.27. The number of imidazole rings is 1. The quantitative estimate of drug-likeness (QED) is 0.614. The normalized spacial score (nSPS) is 14.4. The average Bonchev–Trinajstić information content (AvgIpc) is 3.16. The van der Waals surface area contributed by atoms with Crippen molar-refractivity contribution in [2.75, 3.05) is 44.8 Å². The Labute approximate surface area is 173 Å². The third-order valence-electron chi connectivity index (χ3n) is 4.83. The molecule has 1 amide bonds. The Morgan fingerprint density at radius 1 is 1.33 bits per heavy atom. The van der Waals surface area contributed by atoms with Gasteiger partial charge in [-0.05, 0) is 18.2 Å². The van der Waals surface area contributed by atoms with Crippen LogP contribution in [0.5, 0.6) is 5.75 Å². The molecular formula is C21H22N6O3. The number of benzene rings is 1. The Bertz CT molecular complexity index is 1070. The second-order valence-corrected chi connectivity index (χ2v) is 6.92. The number of aromatic amines is 1. The number of aromatic nitrogens is 3. The van der Waals surface area contributed by atoms with Gasteiger partial charge in [-0.1, -0.05) is 0 Å². The fraction of sp³-hybridized carbons (Fsp3) is 0.333. The zero-order valence-electron chi connectivity index (χ0n) is 16.4. The number of H-pyrrole nitrogens is 1. The molecule has 0 unspecified atom stereocenters. The Morgan fingerprint density at radius 2 is 2.20 bits per heavy atom. The van der Waals surface area contributed by atoms with Gasteiger partial charge < -0.3 is 19.8 Å². The molecule has 2 aromatic heterocycles. The number of rotatable bonds is 7. The molecule has 0 radical (unpaired) electrons. The van der Waals surface area contributed by atoms with Crippen LogP contribution in [-0.4, -0.2) is 65.2 Å². The lowest BCUT2D eigenvalue weighted by Crippen LogP contribution is -2.38. The molecule has 0 spiro atoms. The second-order valence-electron chi connectivity index (χ2n) is 6.92. The first-order valence-electron chi connectivity index (χ1n) is 9.77. The summed E-state index contributed by atoms with van der Waals surface area (Å²) >= 11 is 0. The van der Waals surface area contributed by atoms with Gasteiger partial charge in [-0.3, -0.25) is 14.7 Å². The molecule has 4 rings (SSSR count). The van der Waals surface area contributed by atoms with E-state index in [1.807, 2.05) is 24.3 Å². The van der Waals surface area contributed by atoms with Gasteiger partial charge >= 0.3 is 0 Å². The lowest BCUT2D eigenvalue weighted by Gasteiger charge is -2.26. The summed E-state index contributed by atoms with van der Waals surface area (Å²) in [6.45, 7) is 4.86. The minimum atomic E-state index is -0.277. The zero-order chi connectivity index (χ0) is 20.8. The monoisotopic (exact) mass is 406 g/mol. The molecule has 1 aromatic carbocycles. The first-order chi connectivity index (χ1) is 14.7. The Hall–Kier alpha value is -3.48. The van der Waals surface area contributed by atoms with Crippen molar-refractivity contribution in [3.63, 3.8) is 0 Å². The summed E-state index contributed by atoms with van der Waals surface area (Å²) in [6, 6.07) is 9.22. The van der Waals surface area contributed by atoms with Gasteiger partial charge in [-0.15, -0.1) is 0 Å². The van der Waals surface area contributed by atoms with E-state index in [4.69, 9.17) is 14.7 Å². The number of ether oxygens (including phenoxy) is 2. The molecular weight excluding hydrogens is 384 g/mol. The maximum absolute atomic E-state index is 12.3. The van der Waals surface area contributed by atoms with Gasteiger partial charge in [0.15, 0.2) is 0 Å². The maximum atomic E-state index is 12.3. The molecule has 30 heavy (non-hydrogen) atoms. The first kappa shape index (κ1) is 19.8. The number of pyridine rings is 1. The lowest BCUT2D eigenvalue weighted by atomic mass is 10.2. The number of morpholine rings is 1. The smallest absolute Gasteiger partial charge is 0.232 e. The van der Waals surface area contributed by atoms with Crippen molar-refractivity contribution in [1.29, 1.82) is 5.26 Å². The Balaban J connectivity index is 1.35. The highest BCUT2D eigenvalue weighted by atomic mass is 16.5. The number of hydrogen-bond donors (Lipinski definition) is 2. The van der Waals surface area contributed by atoms with Crippen LogP contribution in [0.2, 0.25) is 0 Å². The van der Waals surface area contributed by atoms with E-state index in [1.165, 1.54) is 12.4 Å². The number of nitrogens with one attached hydrogen (secondary N) is 2. The molecule has 3 aromatic rings. The fourth-order valence-electron chi connectivity index (χ4n) is 3.27. The number of fused-ring (bicyclic) bond motifs is 1. The van der Waals surface area contributed by atoms with Crippen LogP contribution in [0.3, 0.4) is 0 Å². The van der Waals surface area contributed by atoms with Crippen molar-refractivity contribution in [1.82, 2.24) is 19.9 Å². The van der Waals surface area contributed by atoms with Gasteiger partial charge in [0.05, 0.1) is 48.1 Å². The summed E-state index contributed by atoms with van der Waals surface area (Å²) in [6.07, 6.45) is 3.02. The molecule has 2 N–H and O–H groups in total. The second kappa shape index (κ2) is 9.35. The molecule has 9 nitrogen and oxygen atoms in total. The summed E-state index contributed by atoms with van der Waals surface area (Å²) < 4.78 is 11.2. The van der Waals surface area contributed by atoms with Crippen molar-refractivity contribution in [3.05, 3.63) is 48.0 Å². The predicted molar refractivity (Wildman–Crippen MR) is 110 cm³/mol. The zero-order valence-corrected chi connectivity index (χ0v) is 16.4. The topological polar surface area (TPSA) is 116 Å². The minimum absolute atomic E-state index is 0.0572. The van der Waals surface area contributed by atoms with Gasteiger partial charge in [-0.2, -0.15) is 5.26 Å². The number of carbonyl (C=O) groups excluding carboxylic acids is 1. The van der Waals surface area contributed by atoms with Crippen molar-refractivity contribution in [3.8, 4) is 11.8 Å². The first-order valence-corrected chi connectivity index (χ1v) is 9.77. The van der Waals surface area contributed by atoms with E-state index in [9.17, 15) is 4.79 Å². The van der Waals surface area contributed by atoms with E-state index in [-0.39, 0.29) is 12.3 Å². The molecule has 1 fully saturated rings. The van der Waals surface area contributed by atoms with Crippen LogP contribution in [-0.2, 0) is 16.0 Å². The number of anilines is 1. The van der Waals surface area contributed by atoms with Crippen LogP contribution in [0.4, 0.5) is 5.69 Å². The highest BCUT2D eigenvalue weighted by Gasteiger charge is 2.12. The standard InChI is InChI=1S/C21H22N6O3/c22-13-15-3-4-23-14-19(15)26-21(28)12-20-24-17-2-1-16(11-18(17)25-20)30-10-7-27-5-8-29-9-6-27/h1-4,11,14H,5-10,12H2,(H,24,25)(H,26,28). The maximum Gasteiger partial charge on any atom is 0.232 e. The Morgan fingerprint density at radius 3 is 3.03 bits per heavy atom. The van der Waals surface area contributed by atoms with Crippen LogP contribution < -0.4 is 10.1 Å². The molecule has 1 aliphatic heterocycles. The molecule has 0 bridgehead atoms. The van der Waals surface area contributed by atoms with Gasteiger partial charge in [-0.25, -0.2) is 4.98 Å². The number of nitrogens with zero attached hydrogens (tertiary/aromatic N) is 4. The molecule has 9 heteroatoms. The van der Waals surface area contributed by atoms with E-state index < -0.39 is 0 Å². The SMILES string of the molecule is N#Cc1ccncc1NC(=O)Cc1nc2cc(OCCN3CCOCC3)ccc2[nH]1. The molecule has 0 aliphatic carbocycles. The van der Waals surface area contributed by atoms with Crippen molar-refractivity contribution >= 4 is 22.6 Å². The van der Waals surface area contributed by atoms with Crippen molar-refractivity contribution < 1.29 is 14.3 Å². The van der Waals surface area contributed by atoms with Gasteiger partial charge in [0.2, 0.25) is 5.91 Å². The summed E-state index contributed by atoms with van der Waals surface area (Å²) in [5.41, 5.74) is 2.32. The highest BCUT2D eigenvalue weighted by molar-refractivity contribution is 5.93. The Kier molecular flexibility index (Phi) is 6.17. The van der Waals surface area contributed by atoms with E-state index in [2.05, 4.69) is 25.2 Å². The molecule has 0 atom stereocenters. The third kappa shape index (κ3) is 4.92. The van der Waals surface area contributed by atoms with Crippen LogP contribution in [0.1, 0.15) is 11.4 Å². The van der Waals surface area contributed by atoms with E-state index >= 15 is 0 Å². The molecule has 0 saturated carbocycles. The number of carbonyl (C=O) groups is 1. The van der Waals surface area contributed by atoms with Crippen molar-refractivity contribution in [2.45, 2.75) is 6.42 Å². The number of amides is 1. The van der Waals surface area contributed by atoms with Gasteiger partial charge in [0.25, 0.3) is 0 Å². The van der Waals surface area contributed by atoms with Gasteiger partial charge in [0, 0.05) is 31.9 Å². The minimum Gasteiger partial charge on any atom is -0.492 e.